The van der Waals surface area contributed by atoms with Gasteiger partial charge in [-0.05, 0) is 46.9 Å². The zero-order chi connectivity index (χ0) is 18.1. The van der Waals surface area contributed by atoms with E-state index in [2.05, 4.69) is 10.3 Å². The van der Waals surface area contributed by atoms with Crippen molar-refractivity contribution in [2.45, 2.75) is 0 Å². The fraction of sp³-hybridized carbons (Fsp3) is 0.125. The van der Waals surface area contributed by atoms with Gasteiger partial charge in [0.1, 0.15) is 11.4 Å². The fourth-order valence-corrected chi connectivity index (χ4v) is 2.73. The molecule has 25 heavy (non-hydrogen) atoms. The number of rotatable bonds is 3. The van der Waals surface area contributed by atoms with Crippen molar-refractivity contribution in [2.24, 2.45) is 14.1 Å². The Labute approximate surface area is 154 Å². The van der Waals surface area contributed by atoms with E-state index in [1.807, 2.05) is 22.6 Å². The number of anilines is 1. The zero-order valence-corrected chi connectivity index (χ0v) is 15.5. The van der Waals surface area contributed by atoms with E-state index < -0.39 is 17.2 Å². The van der Waals surface area contributed by atoms with Crippen LogP contribution < -0.4 is 16.6 Å². The van der Waals surface area contributed by atoms with E-state index in [9.17, 15) is 14.4 Å². The second kappa shape index (κ2) is 6.67. The molecule has 3 heterocycles. The molecule has 3 aromatic heterocycles. The van der Waals surface area contributed by atoms with E-state index >= 15 is 0 Å². The maximum atomic E-state index is 12.2. The summed E-state index contributed by atoms with van der Waals surface area (Å²) in [5.74, 6) is 0.161. The van der Waals surface area contributed by atoms with Gasteiger partial charge in [0.15, 0.2) is 3.77 Å². The Bertz CT molecular complexity index is 1120. The van der Waals surface area contributed by atoms with E-state index in [-0.39, 0.29) is 11.0 Å². The van der Waals surface area contributed by atoms with Crippen molar-refractivity contribution in [3.8, 4) is 0 Å². The normalized spacial score (nSPS) is 11.3. The minimum absolute atomic E-state index is 0.243. The smallest absolute Gasteiger partial charge is 0.332 e. The average Bonchev–Trinajstić information content (AvgIpc) is 3.01. The van der Waals surface area contributed by atoms with E-state index in [1.165, 1.54) is 43.1 Å². The molecule has 0 spiro atoms. The zero-order valence-electron chi connectivity index (χ0n) is 13.3. The Morgan fingerprint density at radius 2 is 2.04 bits per heavy atom. The van der Waals surface area contributed by atoms with Gasteiger partial charge in [0.2, 0.25) is 5.91 Å². The third-order valence-corrected chi connectivity index (χ3v) is 4.13. The predicted molar refractivity (Wildman–Crippen MR) is 101 cm³/mol. The molecule has 0 aromatic carbocycles. The molecule has 0 radical (unpaired) electrons. The van der Waals surface area contributed by atoms with Gasteiger partial charge in [-0.3, -0.25) is 18.7 Å². The Balaban J connectivity index is 1.89. The second-order valence-corrected chi connectivity index (χ2v) is 6.33. The molecule has 0 aliphatic heterocycles. The van der Waals surface area contributed by atoms with Gasteiger partial charge in [-0.25, -0.2) is 9.78 Å². The van der Waals surface area contributed by atoms with Crippen LogP contribution in [0.3, 0.4) is 0 Å². The summed E-state index contributed by atoms with van der Waals surface area (Å²) in [5.41, 5.74) is -0.320. The number of hydrogen-bond donors (Lipinski definition) is 1. The lowest BCUT2D eigenvalue weighted by Crippen LogP contribution is -2.37. The number of halogens is 1. The van der Waals surface area contributed by atoms with Gasteiger partial charge in [-0.1, -0.05) is 0 Å². The molecule has 128 valence electrons. The van der Waals surface area contributed by atoms with Crippen LogP contribution in [0.4, 0.5) is 5.69 Å². The molecule has 0 atom stereocenters. The molecule has 0 aliphatic carbocycles. The summed E-state index contributed by atoms with van der Waals surface area (Å²) < 4.78 is 8.32. The summed E-state index contributed by atoms with van der Waals surface area (Å²) in [6, 6.07) is 5.02. The SMILES string of the molecule is Cn1c(=O)c2cc(NC(=O)/C=C/c3ccc(I)o3)cnc2n(C)c1=O. The molecule has 0 fully saturated rings. The monoisotopic (exact) mass is 452 g/mol. The third kappa shape index (κ3) is 3.40. The summed E-state index contributed by atoms with van der Waals surface area (Å²) in [6.45, 7) is 0. The Morgan fingerprint density at radius 1 is 1.28 bits per heavy atom. The molecule has 1 N–H and O–H groups in total. The lowest BCUT2D eigenvalue weighted by molar-refractivity contribution is -0.111. The van der Waals surface area contributed by atoms with Crippen molar-refractivity contribution < 1.29 is 9.21 Å². The van der Waals surface area contributed by atoms with Crippen LogP contribution in [0.2, 0.25) is 0 Å². The molecule has 8 nitrogen and oxygen atoms in total. The van der Waals surface area contributed by atoms with Crippen molar-refractivity contribution in [1.29, 1.82) is 0 Å². The van der Waals surface area contributed by atoms with Crippen LogP contribution in [0.1, 0.15) is 5.76 Å². The summed E-state index contributed by atoms with van der Waals surface area (Å²) in [6.07, 6.45) is 4.25. The average molecular weight is 452 g/mol. The highest BCUT2D eigenvalue weighted by Crippen LogP contribution is 2.13. The van der Waals surface area contributed by atoms with Crippen molar-refractivity contribution >= 4 is 51.3 Å². The summed E-state index contributed by atoms with van der Waals surface area (Å²) >= 11 is 2.03. The van der Waals surface area contributed by atoms with Crippen LogP contribution in [0.5, 0.6) is 0 Å². The number of furan rings is 1. The molecular formula is C16H13IN4O4. The minimum atomic E-state index is -0.470. The number of amides is 1. The quantitative estimate of drug-likeness (QED) is 0.480. The summed E-state index contributed by atoms with van der Waals surface area (Å²) in [4.78, 5) is 40.2. The van der Waals surface area contributed by atoms with Crippen molar-refractivity contribution in [3.05, 3.63) is 60.8 Å². The van der Waals surface area contributed by atoms with E-state index in [4.69, 9.17) is 4.42 Å². The fourth-order valence-electron chi connectivity index (χ4n) is 2.29. The molecule has 9 heteroatoms. The summed E-state index contributed by atoms with van der Waals surface area (Å²) in [5, 5.41) is 2.87. The van der Waals surface area contributed by atoms with Crippen LogP contribution in [0, 0.1) is 3.77 Å². The number of nitrogens with one attached hydrogen (secondary N) is 1. The van der Waals surface area contributed by atoms with Gasteiger partial charge in [0.05, 0.1) is 17.3 Å². The number of carbonyl (C=O) groups excluding carboxylic acids is 1. The van der Waals surface area contributed by atoms with Gasteiger partial charge in [-0.2, -0.15) is 0 Å². The first-order valence-corrected chi connectivity index (χ1v) is 8.25. The largest absolute Gasteiger partial charge is 0.451 e. The first kappa shape index (κ1) is 17.1. The number of fused-ring (bicyclic) bond motifs is 1. The van der Waals surface area contributed by atoms with Crippen LogP contribution in [0.25, 0.3) is 17.1 Å². The van der Waals surface area contributed by atoms with Crippen LogP contribution >= 0.6 is 22.6 Å². The van der Waals surface area contributed by atoms with Gasteiger partial charge < -0.3 is 9.73 Å². The molecule has 0 saturated heterocycles. The predicted octanol–water partition coefficient (Wildman–Crippen LogP) is 1.48. The van der Waals surface area contributed by atoms with Gasteiger partial charge in [-0.15, -0.1) is 0 Å². The number of aromatic nitrogens is 3. The van der Waals surface area contributed by atoms with Crippen molar-refractivity contribution in [1.82, 2.24) is 14.1 Å². The molecule has 3 rings (SSSR count). The van der Waals surface area contributed by atoms with Crippen molar-refractivity contribution in [2.75, 3.05) is 5.32 Å². The minimum Gasteiger partial charge on any atom is -0.451 e. The van der Waals surface area contributed by atoms with E-state index in [1.54, 1.807) is 12.1 Å². The number of nitrogens with zero attached hydrogens (tertiary/aromatic N) is 3. The van der Waals surface area contributed by atoms with E-state index in [0.29, 0.717) is 11.4 Å². The molecule has 0 aliphatic rings. The van der Waals surface area contributed by atoms with Crippen LogP contribution in [0.15, 0.2) is 44.5 Å². The maximum absolute atomic E-state index is 12.2. The standard InChI is InChI=1S/C16H13IN4O4/c1-20-14-11(15(23)21(2)16(20)24)7-9(8-18-14)19-13(22)6-4-10-3-5-12(17)25-10/h3-8H,1-2H3,(H,19,22)/b6-4+. The number of carbonyl (C=O) groups is 1. The Kier molecular flexibility index (Phi) is 4.57. The molecule has 0 bridgehead atoms. The van der Waals surface area contributed by atoms with Crippen LogP contribution in [-0.4, -0.2) is 20.0 Å². The number of aryl methyl sites for hydroxylation is 1. The van der Waals surface area contributed by atoms with Gasteiger partial charge in [0.25, 0.3) is 5.56 Å². The maximum Gasteiger partial charge on any atom is 0.332 e. The van der Waals surface area contributed by atoms with Crippen LogP contribution in [-0.2, 0) is 18.9 Å². The highest BCUT2D eigenvalue weighted by molar-refractivity contribution is 14.1. The summed E-state index contributed by atoms with van der Waals surface area (Å²) in [7, 11) is 2.92. The topological polar surface area (TPSA) is 99.1 Å². The molecule has 0 saturated carbocycles. The highest BCUT2D eigenvalue weighted by Gasteiger charge is 2.10. The first-order chi connectivity index (χ1) is 11.9. The van der Waals surface area contributed by atoms with E-state index in [0.717, 1.165) is 8.33 Å². The Hall–Kier alpha value is -2.69. The molecule has 0 unspecified atom stereocenters. The number of pyridine rings is 1. The number of hydrogen-bond acceptors (Lipinski definition) is 5. The van der Waals surface area contributed by atoms with Crippen molar-refractivity contribution in [3.63, 3.8) is 0 Å². The molecule has 3 aromatic rings. The molecule has 1 amide bonds. The first-order valence-electron chi connectivity index (χ1n) is 7.17. The molecular weight excluding hydrogens is 439 g/mol. The lowest BCUT2D eigenvalue weighted by Gasteiger charge is -2.08. The van der Waals surface area contributed by atoms with Gasteiger partial charge >= 0.3 is 5.69 Å². The highest BCUT2D eigenvalue weighted by atomic mass is 127. The third-order valence-electron chi connectivity index (χ3n) is 3.55. The lowest BCUT2D eigenvalue weighted by atomic mass is 10.3. The second-order valence-electron chi connectivity index (χ2n) is 5.27. The van der Waals surface area contributed by atoms with Gasteiger partial charge in [0, 0.05) is 20.2 Å². The Morgan fingerprint density at radius 3 is 2.72 bits per heavy atom.